The molecule has 5 nitrogen and oxygen atoms in total. The first kappa shape index (κ1) is 14.8. The van der Waals surface area contributed by atoms with Crippen LogP contribution in [0.25, 0.3) is 0 Å². The summed E-state index contributed by atoms with van der Waals surface area (Å²) in [7, 11) is 0. The van der Waals surface area contributed by atoms with Crippen molar-refractivity contribution in [3.05, 3.63) is 33.9 Å². The standard InChI is InChI=1S/C15H22N2O3/c1-10-11(7-6-8-12(10)17(18)19)16-13-9-14(2,3)20-15(13,4)5/h6-8,13,16H,9H2,1-5H3. The average molecular weight is 278 g/mol. The lowest BCUT2D eigenvalue weighted by Crippen LogP contribution is -2.38. The molecule has 1 heterocycles. The molecule has 0 aliphatic carbocycles. The molecular weight excluding hydrogens is 256 g/mol. The topological polar surface area (TPSA) is 64.4 Å². The number of hydrogen-bond donors (Lipinski definition) is 1. The smallest absolute Gasteiger partial charge is 0.274 e. The molecule has 0 radical (unpaired) electrons. The number of nitrogens with zero attached hydrogens (tertiary/aromatic N) is 1. The van der Waals surface area contributed by atoms with Crippen LogP contribution in [0.5, 0.6) is 0 Å². The molecule has 1 atom stereocenters. The molecular formula is C15H22N2O3. The van der Waals surface area contributed by atoms with Crippen LogP contribution in [0.4, 0.5) is 11.4 Å². The largest absolute Gasteiger partial charge is 0.379 e. The molecule has 110 valence electrons. The predicted octanol–water partition coefficient (Wildman–Crippen LogP) is 3.66. The highest BCUT2D eigenvalue weighted by atomic mass is 16.6. The van der Waals surface area contributed by atoms with Crippen LogP contribution in [-0.2, 0) is 4.74 Å². The van der Waals surface area contributed by atoms with Gasteiger partial charge in [0.25, 0.3) is 5.69 Å². The molecule has 0 saturated carbocycles. The zero-order valence-electron chi connectivity index (χ0n) is 12.7. The maximum absolute atomic E-state index is 11.0. The third-order valence-corrected chi connectivity index (χ3v) is 3.91. The Kier molecular flexibility index (Phi) is 3.50. The van der Waals surface area contributed by atoms with Crippen LogP contribution in [0.1, 0.15) is 39.7 Å². The van der Waals surface area contributed by atoms with Crippen molar-refractivity contribution in [1.29, 1.82) is 0 Å². The van der Waals surface area contributed by atoms with Crippen LogP contribution < -0.4 is 5.32 Å². The van der Waals surface area contributed by atoms with E-state index in [1.165, 1.54) is 6.07 Å². The maximum atomic E-state index is 11.0. The van der Waals surface area contributed by atoms with Gasteiger partial charge in [-0.25, -0.2) is 0 Å². The van der Waals surface area contributed by atoms with Gasteiger partial charge in [0.1, 0.15) is 0 Å². The van der Waals surface area contributed by atoms with E-state index in [-0.39, 0.29) is 27.9 Å². The van der Waals surface area contributed by atoms with Gasteiger partial charge in [-0.2, -0.15) is 0 Å². The number of benzene rings is 1. The van der Waals surface area contributed by atoms with E-state index in [1.54, 1.807) is 13.0 Å². The molecule has 1 fully saturated rings. The molecule has 1 aromatic carbocycles. The van der Waals surface area contributed by atoms with Gasteiger partial charge >= 0.3 is 0 Å². The lowest BCUT2D eigenvalue weighted by molar-refractivity contribution is -0.385. The molecule has 5 heteroatoms. The summed E-state index contributed by atoms with van der Waals surface area (Å²) in [6, 6.07) is 5.24. The molecule has 1 N–H and O–H groups in total. The third kappa shape index (κ3) is 2.77. The fourth-order valence-corrected chi connectivity index (χ4v) is 2.95. The van der Waals surface area contributed by atoms with Crippen molar-refractivity contribution in [2.75, 3.05) is 5.32 Å². The van der Waals surface area contributed by atoms with Crippen molar-refractivity contribution in [3.63, 3.8) is 0 Å². The van der Waals surface area contributed by atoms with E-state index in [2.05, 4.69) is 19.2 Å². The Hall–Kier alpha value is -1.62. The van der Waals surface area contributed by atoms with E-state index >= 15 is 0 Å². The van der Waals surface area contributed by atoms with Crippen LogP contribution >= 0.6 is 0 Å². The van der Waals surface area contributed by atoms with Gasteiger partial charge in [-0.05, 0) is 47.1 Å². The summed E-state index contributed by atoms with van der Waals surface area (Å²) in [5.74, 6) is 0. The Balaban J connectivity index is 2.27. The zero-order chi connectivity index (χ0) is 15.1. The van der Waals surface area contributed by atoms with Gasteiger partial charge in [-0.15, -0.1) is 0 Å². The normalized spacial score (nSPS) is 23.6. The summed E-state index contributed by atoms with van der Waals surface area (Å²) in [6.45, 7) is 10.0. The van der Waals surface area contributed by atoms with Crippen LogP contribution in [-0.4, -0.2) is 22.2 Å². The van der Waals surface area contributed by atoms with Crippen molar-refractivity contribution >= 4 is 11.4 Å². The molecule has 2 rings (SSSR count). The number of ether oxygens (including phenoxy) is 1. The van der Waals surface area contributed by atoms with Gasteiger partial charge in [0, 0.05) is 17.3 Å². The molecule has 0 amide bonds. The van der Waals surface area contributed by atoms with E-state index in [9.17, 15) is 10.1 Å². The van der Waals surface area contributed by atoms with E-state index in [4.69, 9.17) is 4.74 Å². The van der Waals surface area contributed by atoms with Crippen molar-refractivity contribution in [3.8, 4) is 0 Å². The van der Waals surface area contributed by atoms with Crippen LogP contribution in [0.15, 0.2) is 18.2 Å². The van der Waals surface area contributed by atoms with Gasteiger partial charge in [0.05, 0.1) is 22.2 Å². The second-order valence-corrected chi connectivity index (χ2v) is 6.57. The van der Waals surface area contributed by atoms with Gasteiger partial charge in [-0.3, -0.25) is 10.1 Å². The summed E-state index contributed by atoms with van der Waals surface area (Å²) in [6.07, 6.45) is 0.863. The molecule has 0 spiro atoms. The first-order valence-electron chi connectivity index (χ1n) is 6.83. The first-order chi connectivity index (χ1) is 9.12. The highest BCUT2D eigenvalue weighted by molar-refractivity contribution is 5.60. The van der Waals surface area contributed by atoms with E-state index in [0.717, 1.165) is 12.1 Å². The fourth-order valence-electron chi connectivity index (χ4n) is 2.95. The Morgan fingerprint density at radius 1 is 1.35 bits per heavy atom. The zero-order valence-corrected chi connectivity index (χ0v) is 12.7. The minimum absolute atomic E-state index is 0.123. The second-order valence-electron chi connectivity index (χ2n) is 6.57. The monoisotopic (exact) mass is 278 g/mol. The minimum Gasteiger partial charge on any atom is -0.379 e. The Labute approximate surface area is 119 Å². The molecule has 0 aromatic heterocycles. The summed E-state index contributed by atoms with van der Waals surface area (Å²) < 4.78 is 6.04. The molecule has 0 bridgehead atoms. The SMILES string of the molecule is Cc1c(NC2CC(C)(C)OC2(C)C)cccc1[N+](=O)[O-]. The number of nitrogens with one attached hydrogen (secondary N) is 1. The van der Waals surface area contributed by atoms with Gasteiger partial charge in [-0.1, -0.05) is 6.07 Å². The predicted molar refractivity (Wildman–Crippen MR) is 79.1 cm³/mol. The lowest BCUT2D eigenvalue weighted by Gasteiger charge is -2.28. The molecule has 1 aromatic rings. The Morgan fingerprint density at radius 2 is 2.00 bits per heavy atom. The fraction of sp³-hybridized carbons (Fsp3) is 0.600. The van der Waals surface area contributed by atoms with Crippen LogP contribution in [0.3, 0.4) is 0 Å². The van der Waals surface area contributed by atoms with E-state index in [0.29, 0.717) is 5.56 Å². The highest BCUT2D eigenvalue weighted by Crippen LogP contribution is 2.39. The summed E-state index contributed by atoms with van der Waals surface area (Å²) in [5.41, 5.74) is 1.12. The van der Waals surface area contributed by atoms with Gasteiger partial charge in [0.2, 0.25) is 0 Å². The van der Waals surface area contributed by atoms with E-state index in [1.807, 2.05) is 19.9 Å². The lowest BCUT2D eigenvalue weighted by atomic mass is 9.94. The van der Waals surface area contributed by atoms with Crippen molar-refractivity contribution in [1.82, 2.24) is 0 Å². The highest BCUT2D eigenvalue weighted by Gasteiger charge is 2.46. The van der Waals surface area contributed by atoms with Crippen molar-refractivity contribution < 1.29 is 9.66 Å². The van der Waals surface area contributed by atoms with Crippen LogP contribution in [0.2, 0.25) is 0 Å². The summed E-state index contributed by atoms with van der Waals surface area (Å²) in [4.78, 5) is 10.6. The van der Waals surface area contributed by atoms with Crippen LogP contribution in [0, 0.1) is 17.0 Å². The third-order valence-electron chi connectivity index (χ3n) is 3.91. The number of anilines is 1. The summed E-state index contributed by atoms with van der Waals surface area (Å²) >= 11 is 0. The molecule has 20 heavy (non-hydrogen) atoms. The number of nitro groups is 1. The van der Waals surface area contributed by atoms with Gasteiger partial charge in [0.15, 0.2) is 0 Å². The Morgan fingerprint density at radius 3 is 2.50 bits per heavy atom. The maximum Gasteiger partial charge on any atom is 0.274 e. The molecule has 1 saturated heterocycles. The summed E-state index contributed by atoms with van der Waals surface area (Å²) in [5, 5.41) is 14.4. The van der Waals surface area contributed by atoms with E-state index < -0.39 is 0 Å². The second kappa shape index (κ2) is 4.74. The number of nitro benzene ring substituents is 1. The minimum atomic E-state index is -0.346. The quantitative estimate of drug-likeness (QED) is 0.677. The average Bonchev–Trinajstić information content (AvgIpc) is 2.49. The first-order valence-corrected chi connectivity index (χ1v) is 6.83. The molecule has 1 aliphatic heterocycles. The van der Waals surface area contributed by atoms with Crippen molar-refractivity contribution in [2.24, 2.45) is 0 Å². The van der Waals surface area contributed by atoms with Crippen molar-refractivity contribution in [2.45, 2.75) is 58.3 Å². The number of rotatable bonds is 3. The van der Waals surface area contributed by atoms with Gasteiger partial charge < -0.3 is 10.1 Å². The number of hydrogen-bond acceptors (Lipinski definition) is 4. The molecule has 1 unspecified atom stereocenters. The Bertz CT molecular complexity index is 538. The molecule has 1 aliphatic rings.